The number of nitrogens with zero attached hydrogens (tertiary/aromatic N) is 4. The third-order valence-electron chi connectivity index (χ3n) is 3.02. The Labute approximate surface area is 116 Å². The quantitative estimate of drug-likeness (QED) is 0.731. The van der Waals surface area contributed by atoms with Crippen molar-refractivity contribution in [3.8, 4) is 28.4 Å². The van der Waals surface area contributed by atoms with Gasteiger partial charge in [0, 0.05) is 30.4 Å². The second-order valence-electron chi connectivity index (χ2n) is 4.42. The molecule has 20 heavy (non-hydrogen) atoms. The average molecular weight is 266 g/mol. The Kier molecular flexibility index (Phi) is 3.16. The van der Waals surface area contributed by atoms with E-state index in [1.165, 1.54) is 0 Å². The predicted molar refractivity (Wildman–Crippen MR) is 76.2 cm³/mol. The molecule has 0 atom stereocenters. The Bertz CT molecular complexity index is 719. The van der Waals surface area contributed by atoms with Gasteiger partial charge in [-0.25, -0.2) is 0 Å². The second kappa shape index (κ2) is 5.13. The SMILES string of the molecule is COc1ccc(-c2cccc(-c3ccn(C)n3)c2)nn1. The highest BCUT2D eigenvalue weighted by molar-refractivity contribution is 5.69. The highest BCUT2D eigenvalue weighted by Crippen LogP contribution is 2.24. The molecule has 3 rings (SSSR count). The first-order chi connectivity index (χ1) is 9.76. The molecule has 0 N–H and O–H groups in total. The van der Waals surface area contributed by atoms with E-state index in [1.807, 2.05) is 43.6 Å². The van der Waals surface area contributed by atoms with Crippen LogP contribution in [0.1, 0.15) is 0 Å². The fourth-order valence-electron chi connectivity index (χ4n) is 1.99. The normalized spacial score (nSPS) is 10.5. The lowest BCUT2D eigenvalue weighted by Gasteiger charge is -2.03. The number of hydrogen-bond donors (Lipinski definition) is 0. The molecule has 0 fully saturated rings. The van der Waals surface area contributed by atoms with E-state index in [2.05, 4.69) is 21.4 Å². The lowest BCUT2D eigenvalue weighted by Crippen LogP contribution is -1.92. The van der Waals surface area contributed by atoms with Crippen LogP contribution in [0.3, 0.4) is 0 Å². The molecule has 1 aromatic carbocycles. The van der Waals surface area contributed by atoms with Gasteiger partial charge in [0.1, 0.15) is 0 Å². The molecular formula is C15H14N4O. The van der Waals surface area contributed by atoms with Crippen molar-refractivity contribution in [3.05, 3.63) is 48.7 Å². The van der Waals surface area contributed by atoms with E-state index in [0.717, 1.165) is 22.5 Å². The van der Waals surface area contributed by atoms with Gasteiger partial charge in [-0.15, -0.1) is 10.2 Å². The van der Waals surface area contributed by atoms with Gasteiger partial charge in [0.2, 0.25) is 5.88 Å². The minimum Gasteiger partial charge on any atom is -0.480 e. The summed E-state index contributed by atoms with van der Waals surface area (Å²) in [4.78, 5) is 0. The first-order valence-corrected chi connectivity index (χ1v) is 6.24. The second-order valence-corrected chi connectivity index (χ2v) is 4.42. The van der Waals surface area contributed by atoms with E-state index in [-0.39, 0.29) is 0 Å². The molecular weight excluding hydrogens is 252 g/mol. The molecule has 0 aliphatic rings. The van der Waals surface area contributed by atoms with Crippen LogP contribution in [0.25, 0.3) is 22.5 Å². The van der Waals surface area contributed by atoms with Crippen molar-refractivity contribution < 1.29 is 4.74 Å². The zero-order chi connectivity index (χ0) is 13.9. The summed E-state index contributed by atoms with van der Waals surface area (Å²) in [5.41, 5.74) is 3.81. The Balaban J connectivity index is 1.98. The number of aromatic nitrogens is 4. The molecule has 2 aromatic heterocycles. The van der Waals surface area contributed by atoms with Gasteiger partial charge in [-0.3, -0.25) is 4.68 Å². The summed E-state index contributed by atoms with van der Waals surface area (Å²) in [7, 11) is 3.48. The minimum atomic E-state index is 0.509. The van der Waals surface area contributed by atoms with Gasteiger partial charge in [0.25, 0.3) is 0 Å². The van der Waals surface area contributed by atoms with Crippen LogP contribution in [0.15, 0.2) is 48.7 Å². The molecule has 0 spiro atoms. The molecule has 0 saturated carbocycles. The lowest BCUT2D eigenvalue weighted by molar-refractivity contribution is 0.392. The molecule has 0 aliphatic carbocycles. The number of aryl methyl sites for hydroxylation is 1. The number of hydrogen-bond acceptors (Lipinski definition) is 4. The first kappa shape index (κ1) is 12.3. The molecule has 2 heterocycles. The van der Waals surface area contributed by atoms with Gasteiger partial charge in [0.05, 0.1) is 18.5 Å². The lowest BCUT2D eigenvalue weighted by atomic mass is 10.1. The van der Waals surface area contributed by atoms with Gasteiger partial charge in [0.15, 0.2) is 0 Å². The van der Waals surface area contributed by atoms with Crippen molar-refractivity contribution >= 4 is 0 Å². The number of rotatable bonds is 3. The summed E-state index contributed by atoms with van der Waals surface area (Å²) in [5.74, 6) is 0.509. The third kappa shape index (κ3) is 2.38. The van der Waals surface area contributed by atoms with Gasteiger partial charge in [-0.2, -0.15) is 5.10 Å². The Hall–Kier alpha value is -2.69. The number of ether oxygens (including phenoxy) is 1. The van der Waals surface area contributed by atoms with E-state index in [9.17, 15) is 0 Å². The molecule has 0 saturated heterocycles. The van der Waals surface area contributed by atoms with Crippen LogP contribution in [0, 0.1) is 0 Å². The highest BCUT2D eigenvalue weighted by Gasteiger charge is 2.05. The molecule has 0 radical (unpaired) electrons. The Morgan fingerprint density at radius 3 is 2.35 bits per heavy atom. The maximum atomic E-state index is 5.01. The van der Waals surface area contributed by atoms with Crippen LogP contribution >= 0.6 is 0 Å². The molecule has 100 valence electrons. The van der Waals surface area contributed by atoms with Gasteiger partial charge in [-0.1, -0.05) is 18.2 Å². The standard InChI is InChI=1S/C15H14N4O/c1-19-9-8-14(18-19)12-5-3-4-11(10-12)13-6-7-15(20-2)17-16-13/h3-10H,1-2H3. The van der Waals surface area contributed by atoms with Crippen molar-refractivity contribution in [2.75, 3.05) is 7.11 Å². The van der Waals surface area contributed by atoms with Crippen molar-refractivity contribution in [2.45, 2.75) is 0 Å². The first-order valence-electron chi connectivity index (χ1n) is 6.24. The molecule has 5 nitrogen and oxygen atoms in total. The van der Waals surface area contributed by atoms with Crippen molar-refractivity contribution in [1.82, 2.24) is 20.0 Å². The maximum absolute atomic E-state index is 5.01. The van der Waals surface area contributed by atoms with Crippen LogP contribution in [0.2, 0.25) is 0 Å². The maximum Gasteiger partial charge on any atom is 0.233 e. The molecule has 3 aromatic rings. The van der Waals surface area contributed by atoms with E-state index < -0.39 is 0 Å². The third-order valence-corrected chi connectivity index (χ3v) is 3.02. The minimum absolute atomic E-state index is 0.509. The summed E-state index contributed by atoms with van der Waals surface area (Å²) in [6.45, 7) is 0. The van der Waals surface area contributed by atoms with Crippen LogP contribution in [0.4, 0.5) is 0 Å². The molecule has 0 aliphatic heterocycles. The highest BCUT2D eigenvalue weighted by atomic mass is 16.5. The predicted octanol–water partition coefficient (Wildman–Crippen LogP) is 2.55. The zero-order valence-corrected chi connectivity index (χ0v) is 11.3. The summed E-state index contributed by atoms with van der Waals surface area (Å²) >= 11 is 0. The Morgan fingerprint density at radius 1 is 0.950 bits per heavy atom. The average Bonchev–Trinajstić information content (AvgIpc) is 2.94. The molecule has 0 unspecified atom stereocenters. The molecule has 0 amide bonds. The van der Waals surface area contributed by atoms with Gasteiger partial charge < -0.3 is 4.74 Å². The van der Waals surface area contributed by atoms with Crippen molar-refractivity contribution in [2.24, 2.45) is 7.05 Å². The van der Waals surface area contributed by atoms with Crippen molar-refractivity contribution in [3.63, 3.8) is 0 Å². The monoisotopic (exact) mass is 266 g/mol. The smallest absolute Gasteiger partial charge is 0.233 e. The molecule has 0 bridgehead atoms. The zero-order valence-electron chi connectivity index (χ0n) is 11.3. The number of methoxy groups -OCH3 is 1. The van der Waals surface area contributed by atoms with E-state index in [4.69, 9.17) is 4.74 Å². The summed E-state index contributed by atoms with van der Waals surface area (Å²) < 4.78 is 6.80. The summed E-state index contributed by atoms with van der Waals surface area (Å²) in [6, 6.07) is 13.8. The van der Waals surface area contributed by atoms with Crippen LogP contribution in [0.5, 0.6) is 5.88 Å². The van der Waals surface area contributed by atoms with Crippen LogP contribution < -0.4 is 4.74 Å². The van der Waals surface area contributed by atoms with E-state index in [0.29, 0.717) is 5.88 Å². The fourth-order valence-corrected chi connectivity index (χ4v) is 1.99. The largest absolute Gasteiger partial charge is 0.480 e. The Morgan fingerprint density at radius 2 is 1.75 bits per heavy atom. The van der Waals surface area contributed by atoms with Gasteiger partial charge in [-0.05, 0) is 18.2 Å². The van der Waals surface area contributed by atoms with Crippen LogP contribution in [-0.2, 0) is 7.05 Å². The molecule has 5 heteroatoms. The fraction of sp³-hybridized carbons (Fsp3) is 0.133. The van der Waals surface area contributed by atoms with Gasteiger partial charge >= 0.3 is 0 Å². The summed E-state index contributed by atoms with van der Waals surface area (Å²) in [6.07, 6.45) is 1.93. The van der Waals surface area contributed by atoms with E-state index in [1.54, 1.807) is 17.9 Å². The van der Waals surface area contributed by atoms with Crippen LogP contribution in [-0.4, -0.2) is 27.1 Å². The number of benzene rings is 1. The van der Waals surface area contributed by atoms with E-state index >= 15 is 0 Å². The topological polar surface area (TPSA) is 52.8 Å². The summed E-state index contributed by atoms with van der Waals surface area (Å²) in [5, 5.41) is 12.6. The van der Waals surface area contributed by atoms with Crippen molar-refractivity contribution in [1.29, 1.82) is 0 Å².